The number of carbonyl (C=O) groups excluding carboxylic acids is 4. The number of piperidine rings is 2. The number of benzene rings is 3. The Labute approximate surface area is 316 Å². The van der Waals surface area contributed by atoms with Crippen molar-refractivity contribution in [1.82, 2.24) is 24.8 Å². The summed E-state index contributed by atoms with van der Waals surface area (Å²) in [6.07, 6.45) is 5.73. The van der Waals surface area contributed by atoms with Gasteiger partial charge in [-0.2, -0.15) is 0 Å². The number of amides is 4. The van der Waals surface area contributed by atoms with Gasteiger partial charge >= 0.3 is 0 Å². The highest BCUT2D eigenvalue weighted by atomic mass is 32.2. The number of aromatic nitrogens is 3. The topological polar surface area (TPSA) is 184 Å². The van der Waals surface area contributed by atoms with Crippen LogP contribution >= 0.6 is 0 Å². The molecule has 15 nitrogen and oxygen atoms in total. The zero-order valence-electron chi connectivity index (χ0n) is 29.9. The number of carbonyl (C=O) groups is 4. The van der Waals surface area contributed by atoms with Crippen molar-refractivity contribution in [2.45, 2.75) is 38.1 Å². The summed E-state index contributed by atoms with van der Waals surface area (Å²) in [5.41, 5.74) is 5.15. The summed E-state index contributed by atoms with van der Waals surface area (Å²) in [6, 6.07) is 22.9. The Kier molecular flexibility index (Phi) is 9.42. The third-order valence-corrected chi connectivity index (χ3v) is 10.8. The third kappa shape index (κ3) is 7.45. The van der Waals surface area contributed by atoms with Crippen molar-refractivity contribution < 1.29 is 32.3 Å². The maximum Gasteiger partial charge on any atom is 0.266 e. The summed E-state index contributed by atoms with van der Waals surface area (Å²) in [4.78, 5) is 58.3. The molecule has 5 heterocycles. The number of imide groups is 2. The van der Waals surface area contributed by atoms with E-state index in [0.717, 1.165) is 71.7 Å². The van der Waals surface area contributed by atoms with E-state index in [9.17, 15) is 27.6 Å². The van der Waals surface area contributed by atoms with E-state index in [-0.39, 0.29) is 24.0 Å². The fraction of sp³-hybridized carbons (Fsp3) is 0.282. The molecule has 8 rings (SSSR count). The summed E-state index contributed by atoms with van der Waals surface area (Å²) in [7, 11) is -3.41. The van der Waals surface area contributed by atoms with Crippen LogP contribution in [0.15, 0.2) is 85.1 Å². The van der Waals surface area contributed by atoms with Crippen molar-refractivity contribution >= 4 is 62.2 Å². The van der Waals surface area contributed by atoms with Gasteiger partial charge in [0.1, 0.15) is 11.8 Å². The van der Waals surface area contributed by atoms with Gasteiger partial charge in [-0.3, -0.25) is 34.1 Å². The lowest BCUT2D eigenvalue weighted by atomic mass is 9.93. The number of nitrogens with one attached hydrogen (secondary N) is 3. The van der Waals surface area contributed by atoms with E-state index < -0.39 is 39.7 Å². The number of sulfonamides is 1. The molecule has 0 aliphatic carbocycles. The van der Waals surface area contributed by atoms with Crippen LogP contribution in [0.5, 0.6) is 5.75 Å². The molecule has 2 fully saturated rings. The van der Waals surface area contributed by atoms with Crippen LogP contribution in [0, 0.1) is 5.92 Å². The SMILES string of the molecule is CS(=O)(=O)Nc1cccc(-c2ccc3cnc(Nc4ccc(N5CCC(CCOc6cccc7c6C(=O)N(C6CCC(=O)NC6=O)C7=O)CC5)cc4)nn23)c1. The number of rotatable bonds is 11. The standard InChI is InChI=1S/C39H38N8O7S/c1-55(52,53)44-27-5-2-4-25(22-27)31-13-12-29-23-40-39(43-47(29)31)41-26-8-10-28(11-9-26)45-19-16-24(17-20-45)18-21-54-33-7-3-6-30-35(33)38(51)46(37(30)50)32-14-15-34(48)42-36(32)49/h2-13,22-24,32,44H,14-21H2,1H3,(H,41,43)(H,42,48,49). The maximum atomic E-state index is 13.4. The van der Waals surface area contributed by atoms with Crippen LogP contribution in [-0.4, -0.2) is 83.5 Å². The number of nitrogens with zero attached hydrogens (tertiary/aromatic N) is 5. The zero-order valence-corrected chi connectivity index (χ0v) is 30.7. The van der Waals surface area contributed by atoms with Crippen molar-refractivity contribution in [2.24, 2.45) is 5.92 Å². The first-order valence-corrected chi connectivity index (χ1v) is 19.9. The van der Waals surface area contributed by atoms with Crippen LogP contribution < -0.4 is 25.0 Å². The molecule has 2 saturated heterocycles. The van der Waals surface area contributed by atoms with Crippen LogP contribution in [-0.2, 0) is 19.6 Å². The van der Waals surface area contributed by atoms with E-state index in [0.29, 0.717) is 29.9 Å². The fourth-order valence-electron chi connectivity index (χ4n) is 7.44. The van der Waals surface area contributed by atoms with Gasteiger partial charge in [0.05, 0.1) is 41.4 Å². The molecule has 0 bridgehead atoms. The molecule has 4 amide bonds. The van der Waals surface area contributed by atoms with Gasteiger partial charge in [0, 0.05) is 42.1 Å². The van der Waals surface area contributed by atoms with Gasteiger partial charge in [-0.05, 0) is 92.3 Å². The van der Waals surface area contributed by atoms with E-state index in [1.165, 1.54) is 0 Å². The molecule has 2 aromatic heterocycles. The first-order chi connectivity index (χ1) is 26.5. The average molecular weight is 763 g/mol. The molecule has 3 N–H and O–H groups in total. The molecular weight excluding hydrogens is 725 g/mol. The molecular formula is C39H38N8O7S. The Hall–Kier alpha value is -6.29. The van der Waals surface area contributed by atoms with Gasteiger partial charge < -0.3 is 15.0 Å². The molecule has 5 aromatic rings. The Morgan fingerprint density at radius 3 is 2.44 bits per heavy atom. The lowest BCUT2D eigenvalue weighted by Crippen LogP contribution is -2.54. The molecule has 0 saturated carbocycles. The molecule has 3 aromatic carbocycles. The second kappa shape index (κ2) is 14.5. The molecule has 55 heavy (non-hydrogen) atoms. The molecule has 1 unspecified atom stereocenters. The minimum atomic E-state index is -3.41. The first-order valence-electron chi connectivity index (χ1n) is 18.0. The van der Waals surface area contributed by atoms with Crippen LogP contribution in [0.1, 0.15) is 52.8 Å². The number of ether oxygens (including phenoxy) is 1. The molecule has 1 atom stereocenters. The zero-order chi connectivity index (χ0) is 38.3. The highest BCUT2D eigenvalue weighted by Gasteiger charge is 2.46. The molecule has 3 aliphatic rings. The van der Waals surface area contributed by atoms with Gasteiger partial charge in [-0.1, -0.05) is 18.2 Å². The van der Waals surface area contributed by atoms with Gasteiger partial charge in [0.2, 0.25) is 27.8 Å². The quantitative estimate of drug-likeness (QED) is 0.160. The van der Waals surface area contributed by atoms with Gasteiger partial charge in [-0.15, -0.1) is 5.10 Å². The van der Waals surface area contributed by atoms with E-state index >= 15 is 0 Å². The van der Waals surface area contributed by atoms with Gasteiger partial charge in [0.15, 0.2) is 0 Å². The highest BCUT2D eigenvalue weighted by molar-refractivity contribution is 7.92. The number of anilines is 4. The Morgan fingerprint density at radius 2 is 1.67 bits per heavy atom. The number of hydrogen-bond donors (Lipinski definition) is 3. The normalized spacial score (nSPS) is 17.7. The molecule has 3 aliphatic heterocycles. The van der Waals surface area contributed by atoms with E-state index in [1.54, 1.807) is 47.1 Å². The predicted molar refractivity (Wildman–Crippen MR) is 205 cm³/mol. The van der Waals surface area contributed by atoms with Gasteiger partial charge in [-0.25, -0.2) is 17.9 Å². The monoisotopic (exact) mass is 762 g/mol. The fourth-order valence-corrected chi connectivity index (χ4v) is 7.99. The van der Waals surface area contributed by atoms with Crippen LogP contribution in [0.4, 0.5) is 23.0 Å². The Morgan fingerprint density at radius 1 is 0.891 bits per heavy atom. The van der Waals surface area contributed by atoms with Crippen molar-refractivity contribution in [3.05, 3.63) is 96.2 Å². The second-order valence-corrected chi connectivity index (χ2v) is 15.7. The van der Waals surface area contributed by atoms with Crippen molar-refractivity contribution in [3.8, 4) is 17.0 Å². The molecule has 0 radical (unpaired) electrons. The van der Waals surface area contributed by atoms with Crippen LogP contribution in [0.3, 0.4) is 0 Å². The second-order valence-electron chi connectivity index (χ2n) is 14.0. The minimum absolute atomic E-state index is 0.0623. The summed E-state index contributed by atoms with van der Waals surface area (Å²) in [5.74, 6) is -1.03. The van der Waals surface area contributed by atoms with E-state index in [4.69, 9.17) is 9.84 Å². The third-order valence-electron chi connectivity index (χ3n) is 10.2. The largest absolute Gasteiger partial charge is 0.493 e. The van der Waals surface area contributed by atoms with E-state index in [1.807, 2.05) is 30.3 Å². The predicted octanol–water partition coefficient (Wildman–Crippen LogP) is 4.60. The molecule has 0 spiro atoms. The van der Waals surface area contributed by atoms with Crippen molar-refractivity contribution in [3.63, 3.8) is 0 Å². The summed E-state index contributed by atoms with van der Waals surface area (Å²) >= 11 is 0. The lowest BCUT2D eigenvalue weighted by Gasteiger charge is -2.33. The van der Waals surface area contributed by atoms with Gasteiger partial charge in [0.25, 0.3) is 11.8 Å². The number of fused-ring (bicyclic) bond motifs is 2. The van der Waals surface area contributed by atoms with Crippen molar-refractivity contribution in [1.29, 1.82) is 0 Å². The highest BCUT2D eigenvalue weighted by Crippen LogP contribution is 2.34. The van der Waals surface area contributed by atoms with Crippen LogP contribution in [0.2, 0.25) is 0 Å². The first kappa shape index (κ1) is 35.7. The summed E-state index contributed by atoms with van der Waals surface area (Å²) < 4.78 is 33.8. The Balaban J connectivity index is 0.844. The van der Waals surface area contributed by atoms with E-state index in [2.05, 4.69) is 37.4 Å². The van der Waals surface area contributed by atoms with Crippen LogP contribution in [0.25, 0.3) is 16.8 Å². The smallest absolute Gasteiger partial charge is 0.266 e. The Bertz CT molecular complexity index is 2440. The molecule has 16 heteroatoms. The number of hydrogen-bond acceptors (Lipinski definition) is 11. The van der Waals surface area contributed by atoms with Crippen molar-refractivity contribution in [2.75, 3.05) is 40.9 Å². The summed E-state index contributed by atoms with van der Waals surface area (Å²) in [6.45, 7) is 2.14. The molecule has 282 valence electrons. The average Bonchev–Trinajstić information content (AvgIpc) is 3.70. The minimum Gasteiger partial charge on any atom is -0.493 e. The lowest BCUT2D eigenvalue weighted by molar-refractivity contribution is -0.136. The maximum absolute atomic E-state index is 13.4. The summed E-state index contributed by atoms with van der Waals surface area (Å²) in [5, 5.41) is 10.2.